The van der Waals surface area contributed by atoms with Crippen molar-refractivity contribution in [3.05, 3.63) is 0 Å². The lowest BCUT2D eigenvalue weighted by Gasteiger charge is -2.21. The topological polar surface area (TPSA) is 0 Å². The van der Waals surface area contributed by atoms with E-state index in [0.717, 1.165) is 9.65 Å². The van der Waals surface area contributed by atoms with E-state index in [1.54, 1.807) is 0 Å². The summed E-state index contributed by atoms with van der Waals surface area (Å²) in [7, 11) is 0. The Bertz CT molecular complexity index is 62.9. The fraction of sp³-hybridized carbons (Fsp3) is 1.00. The fourth-order valence-corrected chi connectivity index (χ4v) is 2.22. The van der Waals surface area contributed by atoms with Crippen LogP contribution in [0.1, 0.15) is 25.7 Å². The van der Waals surface area contributed by atoms with Crippen LogP contribution in [0.3, 0.4) is 0 Å². The van der Waals surface area contributed by atoms with Crippen LogP contribution in [0.5, 0.6) is 0 Å². The first kappa shape index (κ1) is 7.07. The molecule has 2 atom stereocenters. The predicted molar refractivity (Wildman–Crippen MR) is 43.9 cm³/mol. The summed E-state index contributed by atoms with van der Waals surface area (Å²) in [4.78, 5) is 1.47. The quantitative estimate of drug-likeness (QED) is 0.572. The van der Waals surface area contributed by atoms with Crippen molar-refractivity contribution in [2.24, 2.45) is 0 Å². The third kappa shape index (κ3) is 1.73. The zero-order valence-corrected chi connectivity index (χ0v) is 7.91. The highest BCUT2D eigenvalue weighted by Gasteiger charge is 2.18. The van der Waals surface area contributed by atoms with Crippen LogP contribution < -0.4 is 0 Å². The van der Waals surface area contributed by atoms with Crippen LogP contribution in [0.15, 0.2) is 0 Å². The van der Waals surface area contributed by atoms with E-state index >= 15 is 0 Å². The molecule has 48 valence electrons. The Hall–Kier alpha value is 0.960. The maximum atomic E-state index is 3.61. The van der Waals surface area contributed by atoms with Gasteiger partial charge in [-0.2, -0.15) is 0 Å². The highest BCUT2D eigenvalue weighted by Crippen LogP contribution is 2.29. The molecule has 0 nitrogen and oxygen atoms in total. The van der Waals surface area contributed by atoms with E-state index in [4.69, 9.17) is 0 Å². The molecule has 0 heterocycles. The summed E-state index contributed by atoms with van der Waals surface area (Å²) in [6.45, 7) is 0. The smallest absolute Gasteiger partial charge is 0.0271 e. The van der Waals surface area contributed by atoms with E-state index in [-0.39, 0.29) is 0 Å². The van der Waals surface area contributed by atoms with Gasteiger partial charge < -0.3 is 0 Å². The highest BCUT2D eigenvalue weighted by molar-refractivity contribution is 9.12. The van der Waals surface area contributed by atoms with Crippen LogP contribution in [0, 0.1) is 0 Å². The maximum Gasteiger partial charge on any atom is 0.0271 e. The van der Waals surface area contributed by atoms with Crippen molar-refractivity contribution in [2.45, 2.75) is 35.3 Å². The number of hydrogen-bond donors (Lipinski definition) is 0. The van der Waals surface area contributed by atoms with Gasteiger partial charge in [0.15, 0.2) is 0 Å². The minimum absolute atomic E-state index is 0.733. The predicted octanol–water partition coefficient (Wildman–Crippen LogP) is 3.09. The standard InChI is InChI=1S/C6H10Br2/c7-5-3-1-2-4-6(5)8/h5-6H,1-4H2/t5-,6-/m1/s1. The van der Waals surface area contributed by atoms with Crippen LogP contribution in [-0.4, -0.2) is 9.65 Å². The number of hydrogen-bond acceptors (Lipinski definition) is 0. The van der Waals surface area contributed by atoms with Gasteiger partial charge in [-0.3, -0.25) is 0 Å². The van der Waals surface area contributed by atoms with Gasteiger partial charge in [0.2, 0.25) is 0 Å². The molecule has 1 aliphatic rings. The monoisotopic (exact) mass is 240 g/mol. The van der Waals surface area contributed by atoms with Gasteiger partial charge in [0.1, 0.15) is 0 Å². The molecule has 0 spiro atoms. The molecule has 0 aromatic rings. The Balaban J connectivity index is 2.28. The second kappa shape index (κ2) is 3.21. The molecule has 1 saturated carbocycles. The Morgan fingerprint density at radius 1 is 0.875 bits per heavy atom. The molecule has 0 bridgehead atoms. The fourth-order valence-electron chi connectivity index (χ4n) is 1.04. The second-order valence-electron chi connectivity index (χ2n) is 2.32. The van der Waals surface area contributed by atoms with Gasteiger partial charge in [0.05, 0.1) is 0 Å². The molecular formula is C6H10Br2. The largest absolute Gasteiger partial charge is 0.0879 e. The van der Waals surface area contributed by atoms with Crippen LogP contribution in [0.4, 0.5) is 0 Å². The zero-order chi connectivity index (χ0) is 5.98. The number of rotatable bonds is 0. The third-order valence-electron chi connectivity index (χ3n) is 1.60. The van der Waals surface area contributed by atoms with Crippen molar-refractivity contribution in [2.75, 3.05) is 0 Å². The molecule has 2 heteroatoms. The summed E-state index contributed by atoms with van der Waals surface area (Å²) in [5, 5.41) is 0. The van der Waals surface area contributed by atoms with Gasteiger partial charge in [-0.25, -0.2) is 0 Å². The van der Waals surface area contributed by atoms with Gasteiger partial charge in [-0.15, -0.1) is 0 Å². The molecule has 1 aliphatic carbocycles. The minimum Gasteiger partial charge on any atom is -0.0879 e. The average Bonchev–Trinajstić information content (AvgIpc) is 1.77. The lowest BCUT2D eigenvalue weighted by molar-refractivity contribution is 0.538. The summed E-state index contributed by atoms with van der Waals surface area (Å²) < 4.78 is 0. The number of halogens is 2. The van der Waals surface area contributed by atoms with Crippen molar-refractivity contribution in [1.82, 2.24) is 0 Å². The minimum atomic E-state index is 0.733. The number of alkyl halides is 2. The van der Waals surface area contributed by atoms with Crippen molar-refractivity contribution in [3.63, 3.8) is 0 Å². The second-order valence-corrected chi connectivity index (χ2v) is 4.67. The van der Waals surface area contributed by atoms with E-state index in [9.17, 15) is 0 Å². The SMILES string of the molecule is Br[C@@H]1CCCC[C@H]1Br. The summed E-state index contributed by atoms with van der Waals surface area (Å²) in [5.41, 5.74) is 0. The molecule has 0 aromatic heterocycles. The first-order valence-electron chi connectivity index (χ1n) is 3.09. The first-order valence-corrected chi connectivity index (χ1v) is 4.92. The summed E-state index contributed by atoms with van der Waals surface area (Å²) in [5.74, 6) is 0. The van der Waals surface area contributed by atoms with Crippen molar-refractivity contribution < 1.29 is 0 Å². The summed E-state index contributed by atoms with van der Waals surface area (Å²) in [6.07, 6.45) is 5.49. The molecule has 8 heavy (non-hydrogen) atoms. The van der Waals surface area contributed by atoms with E-state index in [0.29, 0.717) is 0 Å². The Labute approximate surface area is 67.3 Å². The maximum absolute atomic E-state index is 3.61. The Morgan fingerprint density at radius 2 is 1.25 bits per heavy atom. The van der Waals surface area contributed by atoms with Gasteiger partial charge in [0.25, 0.3) is 0 Å². The van der Waals surface area contributed by atoms with E-state index in [2.05, 4.69) is 31.9 Å². The van der Waals surface area contributed by atoms with E-state index in [1.165, 1.54) is 25.7 Å². The van der Waals surface area contributed by atoms with E-state index < -0.39 is 0 Å². The summed E-state index contributed by atoms with van der Waals surface area (Å²) in [6, 6.07) is 0. The van der Waals surface area contributed by atoms with Crippen LogP contribution in [0.2, 0.25) is 0 Å². The molecule has 0 aromatic carbocycles. The Morgan fingerprint density at radius 3 is 1.50 bits per heavy atom. The molecular weight excluding hydrogens is 232 g/mol. The van der Waals surface area contributed by atoms with Crippen LogP contribution >= 0.6 is 31.9 Å². The lowest BCUT2D eigenvalue weighted by Crippen LogP contribution is -2.17. The zero-order valence-electron chi connectivity index (χ0n) is 4.74. The normalized spacial score (nSPS) is 39.8. The van der Waals surface area contributed by atoms with Crippen LogP contribution in [-0.2, 0) is 0 Å². The van der Waals surface area contributed by atoms with Gasteiger partial charge in [-0.05, 0) is 12.8 Å². The van der Waals surface area contributed by atoms with Crippen molar-refractivity contribution in [1.29, 1.82) is 0 Å². The molecule has 0 N–H and O–H groups in total. The molecule has 1 fully saturated rings. The first-order chi connectivity index (χ1) is 3.80. The lowest BCUT2D eigenvalue weighted by atomic mass is 10.0. The molecule has 0 aliphatic heterocycles. The molecule has 1 rings (SSSR count). The highest BCUT2D eigenvalue weighted by atomic mass is 79.9. The van der Waals surface area contributed by atoms with Gasteiger partial charge >= 0.3 is 0 Å². The Kier molecular flexibility index (Phi) is 2.84. The third-order valence-corrected chi connectivity index (χ3v) is 4.50. The average molecular weight is 242 g/mol. The van der Waals surface area contributed by atoms with E-state index in [1.807, 2.05) is 0 Å². The molecule has 0 radical (unpaired) electrons. The van der Waals surface area contributed by atoms with Gasteiger partial charge in [-0.1, -0.05) is 44.7 Å². The molecule has 0 amide bonds. The van der Waals surface area contributed by atoms with Crippen molar-refractivity contribution in [3.8, 4) is 0 Å². The van der Waals surface area contributed by atoms with Gasteiger partial charge in [0, 0.05) is 9.65 Å². The molecule has 0 unspecified atom stereocenters. The summed E-state index contributed by atoms with van der Waals surface area (Å²) >= 11 is 7.21. The van der Waals surface area contributed by atoms with Crippen molar-refractivity contribution >= 4 is 31.9 Å². The molecule has 0 saturated heterocycles. The van der Waals surface area contributed by atoms with Crippen LogP contribution in [0.25, 0.3) is 0 Å².